The van der Waals surface area contributed by atoms with Gasteiger partial charge in [-0.3, -0.25) is 9.59 Å². The molecule has 0 saturated heterocycles. The predicted molar refractivity (Wildman–Crippen MR) is 95.7 cm³/mol. The Kier molecular flexibility index (Phi) is 4.96. The molecule has 0 bridgehead atoms. The zero-order valence-corrected chi connectivity index (χ0v) is 15.3. The van der Waals surface area contributed by atoms with Gasteiger partial charge in [-0.05, 0) is 24.3 Å². The van der Waals surface area contributed by atoms with E-state index in [4.69, 9.17) is 9.84 Å². The van der Waals surface area contributed by atoms with E-state index in [1.54, 1.807) is 0 Å². The second-order valence-corrected chi connectivity index (χ2v) is 6.89. The molecule has 0 saturated carbocycles. The highest BCUT2D eigenvalue weighted by atomic mass is 19.4. The molecule has 2 aromatic rings. The van der Waals surface area contributed by atoms with Gasteiger partial charge in [-0.25, -0.2) is 4.98 Å². The van der Waals surface area contributed by atoms with Gasteiger partial charge in [-0.2, -0.15) is 13.2 Å². The van der Waals surface area contributed by atoms with Crippen LogP contribution in [0.1, 0.15) is 32.4 Å². The van der Waals surface area contributed by atoms with Crippen LogP contribution in [-0.2, 0) is 24.1 Å². The summed E-state index contributed by atoms with van der Waals surface area (Å²) in [5.74, 6) is -0.783. The number of aromatic nitrogens is 2. The van der Waals surface area contributed by atoms with Crippen molar-refractivity contribution in [2.75, 3.05) is 11.9 Å². The number of hydrogen-bond acceptors (Lipinski definition) is 7. The van der Waals surface area contributed by atoms with Crippen LogP contribution in [-0.4, -0.2) is 50.1 Å². The minimum absolute atomic E-state index is 0.00496. The SMILES string of the molecule is O=C1C=C(Nc2ccc(C(F)(F)F)cc2)C(=O)c2c1nc1n2C[C@@H]([C@H](O)CO)OC1. The summed E-state index contributed by atoms with van der Waals surface area (Å²) in [6, 6.07) is 4.04. The number of Topliss-reactive ketones (excluding diaryl/α,β-unsaturated/α-hetero) is 1. The number of aliphatic hydroxyl groups excluding tert-OH is 2. The Morgan fingerprint density at radius 1 is 1.27 bits per heavy atom. The average molecular weight is 423 g/mol. The van der Waals surface area contributed by atoms with Gasteiger partial charge in [-0.15, -0.1) is 0 Å². The number of ether oxygens (including phenoxy) is 1. The first-order valence-electron chi connectivity index (χ1n) is 8.94. The number of anilines is 1. The van der Waals surface area contributed by atoms with E-state index in [9.17, 15) is 27.9 Å². The average Bonchev–Trinajstić information content (AvgIpc) is 3.10. The number of rotatable bonds is 4. The Labute approximate surface area is 167 Å². The molecular weight excluding hydrogens is 407 g/mol. The fourth-order valence-electron chi connectivity index (χ4n) is 3.36. The van der Waals surface area contributed by atoms with Crippen LogP contribution in [0, 0.1) is 0 Å². The Morgan fingerprint density at radius 3 is 2.60 bits per heavy atom. The van der Waals surface area contributed by atoms with Gasteiger partial charge in [0.15, 0.2) is 0 Å². The molecule has 0 amide bonds. The molecule has 0 spiro atoms. The van der Waals surface area contributed by atoms with Crippen LogP contribution in [0.15, 0.2) is 36.0 Å². The van der Waals surface area contributed by atoms with E-state index in [1.807, 2.05) is 0 Å². The van der Waals surface area contributed by atoms with Crippen molar-refractivity contribution in [1.82, 2.24) is 9.55 Å². The summed E-state index contributed by atoms with van der Waals surface area (Å²) >= 11 is 0. The van der Waals surface area contributed by atoms with Gasteiger partial charge in [0.1, 0.15) is 36.0 Å². The van der Waals surface area contributed by atoms with Crippen LogP contribution in [0.2, 0.25) is 0 Å². The molecule has 1 aliphatic carbocycles. The topological polar surface area (TPSA) is 114 Å². The Hall–Kier alpha value is -3.02. The van der Waals surface area contributed by atoms with Crippen LogP contribution in [0.3, 0.4) is 0 Å². The fourth-order valence-corrected chi connectivity index (χ4v) is 3.36. The van der Waals surface area contributed by atoms with Crippen LogP contribution >= 0.6 is 0 Å². The smallest absolute Gasteiger partial charge is 0.394 e. The molecule has 1 aliphatic heterocycles. The zero-order valence-electron chi connectivity index (χ0n) is 15.3. The maximum absolute atomic E-state index is 13.0. The summed E-state index contributed by atoms with van der Waals surface area (Å²) in [4.78, 5) is 29.6. The van der Waals surface area contributed by atoms with Crippen LogP contribution in [0.25, 0.3) is 0 Å². The number of carbonyl (C=O) groups excluding carboxylic acids is 2. The van der Waals surface area contributed by atoms with E-state index in [1.165, 1.54) is 4.57 Å². The number of benzene rings is 1. The zero-order chi connectivity index (χ0) is 21.6. The molecule has 0 unspecified atom stereocenters. The molecule has 30 heavy (non-hydrogen) atoms. The van der Waals surface area contributed by atoms with Gasteiger partial charge in [0, 0.05) is 11.8 Å². The first-order valence-corrected chi connectivity index (χ1v) is 8.94. The van der Waals surface area contributed by atoms with E-state index >= 15 is 0 Å². The third kappa shape index (κ3) is 3.51. The largest absolute Gasteiger partial charge is 0.416 e. The molecule has 8 nitrogen and oxygen atoms in total. The van der Waals surface area contributed by atoms with Crippen LogP contribution < -0.4 is 5.32 Å². The lowest BCUT2D eigenvalue weighted by Crippen LogP contribution is -2.40. The molecule has 1 aromatic heterocycles. The molecule has 2 atom stereocenters. The fraction of sp³-hybridized carbons (Fsp3) is 0.316. The minimum Gasteiger partial charge on any atom is -0.394 e. The van der Waals surface area contributed by atoms with Crippen molar-refractivity contribution in [3.8, 4) is 0 Å². The molecule has 11 heteroatoms. The molecular formula is C19H16F3N3O5. The number of allylic oxidation sites excluding steroid dienone is 2. The van der Waals surface area contributed by atoms with Gasteiger partial charge in [0.25, 0.3) is 0 Å². The van der Waals surface area contributed by atoms with Crippen molar-refractivity contribution < 1.29 is 37.7 Å². The number of halogens is 3. The van der Waals surface area contributed by atoms with Gasteiger partial charge >= 0.3 is 6.18 Å². The first kappa shape index (κ1) is 20.3. The normalized spacial score (nSPS) is 19.8. The summed E-state index contributed by atoms with van der Waals surface area (Å²) in [7, 11) is 0. The number of nitrogens with one attached hydrogen (secondary N) is 1. The third-order valence-corrected chi connectivity index (χ3v) is 4.91. The van der Waals surface area contributed by atoms with Crippen LogP contribution in [0.4, 0.5) is 18.9 Å². The summed E-state index contributed by atoms with van der Waals surface area (Å²) < 4.78 is 45.0. The van der Waals surface area contributed by atoms with Crippen molar-refractivity contribution >= 4 is 17.3 Å². The van der Waals surface area contributed by atoms with Gasteiger partial charge in [-0.1, -0.05) is 0 Å². The Balaban J connectivity index is 1.61. The third-order valence-electron chi connectivity index (χ3n) is 4.91. The second kappa shape index (κ2) is 7.35. The first-order chi connectivity index (χ1) is 14.2. The van der Waals surface area contributed by atoms with E-state index in [2.05, 4.69) is 10.3 Å². The standard InChI is InChI=1S/C19H16F3N3O5/c20-19(21,22)9-1-3-10(4-2-9)23-11-5-12(27)16-17(18(11)29)25-6-14(13(28)7-26)30-8-15(25)24-16/h1-5,13-14,23,26,28H,6-8H2/t13-,14+/m1/s1. The lowest BCUT2D eigenvalue weighted by Gasteiger charge is -2.28. The van der Waals surface area contributed by atoms with E-state index in [-0.39, 0.29) is 35.9 Å². The predicted octanol–water partition coefficient (Wildman–Crippen LogP) is 1.53. The van der Waals surface area contributed by atoms with Crippen LogP contribution in [0.5, 0.6) is 0 Å². The van der Waals surface area contributed by atoms with Crippen molar-refractivity contribution in [2.45, 2.75) is 31.5 Å². The summed E-state index contributed by atoms with van der Waals surface area (Å²) in [5, 5.41) is 21.6. The molecule has 0 fully saturated rings. The van der Waals surface area contributed by atoms with Crippen molar-refractivity contribution in [1.29, 1.82) is 0 Å². The summed E-state index contributed by atoms with van der Waals surface area (Å²) in [5.41, 5.74) is -0.801. The molecule has 158 valence electrons. The van der Waals surface area contributed by atoms with E-state index < -0.39 is 42.1 Å². The summed E-state index contributed by atoms with van der Waals surface area (Å²) in [6.07, 6.45) is -5.41. The highest BCUT2D eigenvalue weighted by Gasteiger charge is 2.37. The Morgan fingerprint density at radius 2 is 1.97 bits per heavy atom. The molecule has 1 aromatic carbocycles. The van der Waals surface area contributed by atoms with E-state index in [0.29, 0.717) is 5.82 Å². The molecule has 4 rings (SSSR count). The van der Waals surface area contributed by atoms with E-state index in [0.717, 1.165) is 30.3 Å². The van der Waals surface area contributed by atoms with Crippen molar-refractivity contribution in [2.24, 2.45) is 0 Å². The van der Waals surface area contributed by atoms with Gasteiger partial charge in [0.2, 0.25) is 11.6 Å². The lowest BCUT2D eigenvalue weighted by atomic mass is 10.0. The Bertz CT molecular complexity index is 1040. The molecule has 2 heterocycles. The summed E-state index contributed by atoms with van der Waals surface area (Å²) in [6.45, 7) is -0.590. The minimum atomic E-state index is -4.49. The second-order valence-electron chi connectivity index (χ2n) is 6.89. The van der Waals surface area contributed by atoms with Gasteiger partial charge < -0.3 is 24.8 Å². The van der Waals surface area contributed by atoms with Crippen molar-refractivity contribution in [3.63, 3.8) is 0 Å². The lowest BCUT2D eigenvalue weighted by molar-refractivity contribution is -0.137. The number of aliphatic hydroxyl groups is 2. The highest BCUT2D eigenvalue weighted by Crippen LogP contribution is 2.31. The number of ketones is 2. The maximum atomic E-state index is 13.0. The number of fused-ring (bicyclic) bond motifs is 3. The number of imidazole rings is 1. The number of carbonyl (C=O) groups is 2. The highest BCUT2D eigenvalue weighted by molar-refractivity contribution is 6.24. The molecule has 3 N–H and O–H groups in total. The number of hydrogen-bond donors (Lipinski definition) is 3. The number of alkyl halides is 3. The number of nitrogens with zero attached hydrogens (tertiary/aromatic N) is 2. The molecule has 0 radical (unpaired) electrons. The quantitative estimate of drug-likeness (QED) is 0.684. The maximum Gasteiger partial charge on any atom is 0.416 e. The van der Waals surface area contributed by atoms with Gasteiger partial charge in [0.05, 0.1) is 24.4 Å². The molecule has 2 aliphatic rings. The van der Waals surface area contributed by atoms with Crippen molar-refractivity contribution in [3.05, 3.63) is 58.8 Å². The monoisotopic (exact) mass is 423 g/mol.